The molecule has 0 fully saturated rings. The molecule has 1 rings (SSSR count). The van der Waals surface area contributed by atoms with E-state index in [0.717, 1.165) is 5.76 Å². The van der Waals surface area contributed by atoms with E-state index >= 15 is 0 Å². The molecule has 4 nitrogen and oxygen atoms in total. The van der Waals surface area contributed by atoms with Gasteiger partial charge in [-0.25, -0.2) is 0 Å². The number of nitrogens with one attached hydrogen (secondary N) is 1. The first-order chi connectivity index (χ1) is 7.26. The number of methoxy groups -OCH3 is 2. The van der Waals surface area contributed by atoms with Crippen LogP contribution in [0.15, 0.2) is 16.5 Å². The second kappa shape index (κ2) is 6.85. The Labute approximate surface area is 94.5 Å². The monoisotopic (exact) mass is 233 g/mol. The second-order valence-electron chi connectivity index (χ2n) is 3.15. The Morgan fingerprint density at radius 1 is 1.47 bits per heavy atom. The lowest BCUT2D eigenvalue weighted by molar-refractivity contribution is 0.0285. The summed E-state index contributed by atoms with van der Waals surface area (Å²) in [5.41, 5.74) is 0. The van der Waals surface area contributed by atoms with Gasteiger partial charge < -0.3 is 19.2 Å². The fourth-order valence-corrected chi connectivity index (χ4v) is 1.36. The summed E-state index contributed by atoms with van der Waals surface area (Å²) in [7, 11) is 3.31. The molecule has 1 heterocycles. The quantitative estimate of drug-likeness (QED) is 0.778. The summed E-state index contributed by atoms with van der Waals surface area (Å²) in [5, 5.41) is 3.60. The number of hydrogen-bond donors (Lipinski definition) is 1. The lowest BCUT2D eigenvalue weighted by Crippen LogP contribution is -2.31. The summed E-state index contributed by atoms with van der Waals surface area (Å²) < 4.78 is 15.4. The van der Waals surface area contributed by atoms with Gasteiger partial charge in [0.25, 0.3) is 0 Å². The van der Waals surface area contributed by atoms with Crippen molar-refractivity contribution in [3.8, 4) is 0 Å². The van der Waals surface area contributed by atoms with Crippen molar-refractivity contribution < 1.29 is 13.9 Å². The third-order valence-corrected chi connectivity index (χ3v) is 2.19. The van der Waals surface area contributed by atoms with E-state index in [1.54, 1.807) is 20.3 Å². The molecule has 1 atom stereocenters. The lowest BCUT2D eigenvalue weighted by atomic mass is 10.3. The van der Waals surface area contributed by atoms with Gasteiger partial charge in [-0.1, -0.05) is 0 Å². The van der Waals surface area contributed by atoms with Crippen molar-refractivity contribution in [1.82, 2.24) is 5.32 Å². The number of halogens is 1. The minimum Gasteiger partial charge on any atom is -0.448 e. The highest BCUT2D eigenvalue weighted by Crippen LogP contribution is 2.12. The summed E-state index contributed by atoms with van der Waals surface area (Å²) in [6.07, 6.45) is 0.0560. The van der Waals surface area contributed by atoms with Gasteiger partial charge in [-0.2, -0.15) is 0 Å². The highest BCUT2D eigenvalue weighted by atomic mass is 35.5. The molecule has 1 unspecified atom stereocenters. The van der Waals surface area contributed by atoms with Crippen molar-refractivity contribution in [3.05, 3.63) is 23.1 Å². The number of ether oxygens (including phenoxy) is 2. The summed E-state index contributed by atoms with van der Waals surface area (Å²) >= 11 is 5.64. The van der Waals surface area contributed by atoms with Crippen molar-refractivity contribution in [1.29, 1.82) is 0 Å². The van der Waals surface area contributed by atoms with Crippen LogP contribution in [0, 0.1) is 0 Å². The number of furan rings is 1. The molecule has 0 radical (unpaired) electrons. The molecule has 15 heavy (non-hydrogen) atoms. The van der Waals surface area contributed by atoms with E-state index in [4.69, 9.17) is 25.5 Å². The molecule has 0 aliphatic rings. The molecule has 1 aromatic rings. The van der Waals surface area contributed by atoms with Crippen LogP contribution in [0.5, 0.6) is 0 Å². The van der Waals surface area contributed by atoms with Crippen LogP contribution in [0.25, 0.3) is 0 Å². The average molecular weight is 234 g/mol. The molecule has 1 aromatic heterocycles. The minimum absolute atomic E-state index is 0.0560. The van der Waals surface area contributed by atoms with Gasteiger partial charge in [-0.3, -0.25) is 0 Å². The van der Waals surface area contributed by atoms with Gasteiger partial charge in [0.2, 0.25) is 0 Å². The zero-order chi connectivity index (χ0) is 11.1. The normalized spacial score (nSPS) is 13.0. The second-order valence-corrected chi connectivity index (χ2v) is 3.52. The molecular formula is C10H16ClNO3. The summed E-state index contributed by atoms with van der Waals surface area (Å²) in [6.45, 7) is 1.92. The molecule has 0 saturated heterocycles. The first-order valence-electron chi connectivity index (χ1n) is 4.73. The van der Waals surface area contributed by atoms with Crippen LogP contribution in [0.4, 0.5) is 0 Å². The van der Waals surface area contributed by atoms with Crippen LogP contribution in [0.3, 0.4) is 0 Å². The zero-order valence-electron chi connectivity index (χ0n) is 8.96. The summed E-state index contributed by atoms with van der Waals surface area (Å²) in [4.78, 5) is 0. The fraction of sp³-hybridized carbons (Fsp3) is 0.600. The van der Waals surface area contributed by atoms with Crippen LogP contribution in [-0.4, -0.2) is 33.5 Å². The molecule has 1 N–H and O–H groups in total. The van der Waals surface area contributed by atoms with Crippen LogP contribution in [0.2, 0.25) is 5.22 Å². The van der Waals surface area contributed by atoms with Gasteiger partial charge in [0.15, 0.2) is 5.22 Å². The van der Waals surface area contributed by atoms with Crippen LogP contribution in [-0.2, 0) is 16.0 Å². The van der Waals surface area contributed by atoms with E-state index in [1.165, 1.54) is 0 Å². The maximum Gasteiger partial charge on any atom is 0.193 e. The average Bonchev–Trinajstić information content (AvgIpc) is 2.63. The van der Waals surface area contributed by atoms with E-state index in [2.05, 4.69) is 5.32 Å². The highest BCUT2D eigenvalue weighted by Gasteiger charge is 2.06. The Hall–Kier alpha value is -0.550. The Morgan fingerprint density at radius 3 is 2.80 bits per heavy atom. The Kier molecular flexibility index (Phi) is 5.71. The van der Waals surface area contributed by atoms with Crippen LogP contribution >= 0.6 is 11.6 Å². The first kappa shape index (κ1) is 12.5. The van der Waals surface area contributed by atoms with Crippen molar-refractivity contribution in [2.24, 2.45) is 0 Å². The third kappa shape index (κ3) is 4.66. The standard InChI is InChI=1S/C10H16ClNO3/c1-13-7-9(14-2)6-12-5-8-3-4-10(11)15-8/h3-4,9,12H,5-7H2,1-2H3. The molecule has 0 spiro atoms. The fourth-order valence-electron chi connectivity index (χ4n) is 1.20. The predicted molar refractivity (Wildman–Crippen MR) is 58.1 cm³/mol. The van der Waals surface area contributed by atoms with Crippen molar-refractivity contribution in [2.75, 3.05) is 27.4 Å². The largest absolute Gasteiger partial charge is 0.448 e. The smallest absolute Gasteiger partial charge is 0.193 e. The molecule has 0 bridgehead atoms. The number of hydrogen-bond acceptors (Lipinski definition) is 4. The zero-order valence-corrected chi connectivity index (χ0v) is 9.71. The summed E-state index contributed by atoms with van der Waals surface area (Å²) in [5.74, 6) is 0.812. The van der Waals surface area contributed by atoms with Crippen molar-refractivity contribution in [3.63, 3.8) is 0 Å². The van der Waals surface area contributed by atoms with Crippen molar-refractivity contribution in [2.45, 2.75) is 12.6 Å². The van der Waals surface area contributed by atoms with E-state index in [-0.39, 0.29) is 6.10 Å². The summed E-state index contributed by atoms with van der Waals surface area (Å²) in [6, 6.07) is 3.56. The van der Waals surface area contributed by atoms with Gasteiger partial charge in [0.1, 0.15) is 5.76 Å². The van der Waals surface area contributed by atoms with E-state index in [9.17, 15) is 0 Å². The molecule has 0 aromatic carbocycles. The SMILES string of the molecule is COCC(CNCc1ccc(Cl)o1)OC. The molecule has 0 aliphatic carbocycles. The first-order valence-corrected chi connectivity index (χ1v) is 5.10. The molecule has 0 aliphatic heterocycles. The molecule has 86 valence electrons. The number of rotatable bonds is 7. The van der Waals surface area contributed by atoms with Gasteiger partial charge in [0, 0.05) is 20.8 Å². The molecule has 0 amide bonds. The topological polar surface area (TPSA) is 43.6 Å². The predicted octanol–water partition coefficient (Wildman–Crippen LogP) is 1.68. The van der Waals surface area contributed by atoms with Gasteiger partial charge in [0.05, 0.1) is 19.3 Å². The van der Waals surface area contributed by atoms with E-state index in [0.29, 0.717) is 24.9 Å². The van der Waals surface area contributed by atoms with Gasteiger partial charge in [-0.15, -0.1) is 0 Å². The highest BCUT2D eigenvalue weighted by molar-refractivity contribution is 6.28. The molecule has 5 heteroatoms. The molecular weight excluding hydrogens is 218 g/mol. The Morgan fingerprint density at radius 2 is 2.27 bits per heavy atom. The maximum absolute atomic E-state index is 5.64. The third-order valence-electron chi connectivity index (χ3n) is 1.99. The van der Waals surface area contributed by atoms with Gasteiger partial charge in [-0.05, 0) is 23.7 Å². The van der Waals surface area contributed by atoms with E-state index < -0.39 is 0 Å². The maximum atomic E-state index is 5.64. The lowest BCUT2D eigenvalue weighted by Gasteiger charge is -2.14. The van der Waals surface area contributed by atoms with Crippen LogP contribution < -0.4 is 5.32 Å². The molecule has 0 saturated carbocycles. The van der Waals surface area contributed by atoms with Crippen LogP contribution in [0.1, 0.15) is 5.76 Å². The Bertz CT molecular complexity index is 277. The minimum atomic E-state index is 0.0560. The Balaban J connectivity index is 2.20. The van der Waals surface area contributed by atoms with Crippen molar-refractivity contribution >= 4 is 11.6 Å². The van der Waals surface area contributed by atoms with Gasteiger partial charge >= 0.3 is 0 Å². The van der Waals surface area contributed by atoms with E-state index in [1.807, 2.05) is 6.07 Å².